The predicted octanol–water partition coefficient (Wildman–Crippen LogP) is 2.50. The first-order chi connectivity index (χ1) is 10.1. The molecule has 5 heteroatoms. The number of amidine groups is 1. The molecule has 2 bridgehead atoms. The van der Waals surface area contributed by atoms with Crippen molar-refractivity contribution < 1.29 is 9.53 Å². The van der Waals surface area contributed by atoms with Gasteiger partial charge in [0, 0.05) is 6.04 Å². The lowest BCUT2D eigenvalue weighted by molar-refractivity contribution is -0.118. The number of fused-ring (bicyclic) bond motifs is 2. The van der Waals surface area contributed by atoms with Gasteiger partial charge in [0.2, 0.25) is 0 Å². The molecule has 0 aromatic heterocycles. The Morgan fingerprint density at radius 2 is 2.33 bits per heavy atom. The molecule has 0 aromatic carbocycles. The Hall–Kier alpha value is -0.810. The van der Waals surface area contributed by atoms with Crippen molar-refractivity contribution in [2.75, 3.05) is 13.2 Å². The molecule has 1 N–H and O–H groups in total. The van der Waals surface area contributed by atoms with Gasteiger partial charge in [0.1, 0.15) is 4.75 Å². The molecule has 0 spiro atoms. The number of carbonyl (C=O) groups excluding carboxylic acids is 1. The molecule has 1 amide bonds. The van der Waals surface area contributed by atoms with Gasteiger partial charge in [-0.25, -0.2) is 0 Å². The summed E-state index contributed by atoms with van der Waals surface area (Å²) in [6.45, 7) is 3.34. The third kappa shape index (κ3) is 2.34. The molecular formula is C16H22N2O2S. The summed E-state index contributed by atoms with van der Waals surface area (Å²) in [6, 6.07) is 0.536. The average Bonchev–Trinajstić information content (AvgIpc) is 3.16. The molecule has 0 aromatic rings. The summed E-state index contributed by atoms with van der Waals surface area (Å²) >= 11 is 1.61. The number of nitrogens with zero attached hydrogens (tertiary/aromatic N) is 1. The van der Waals surface area contributed by atoms with Crippen molar-refractivity contribution in [3.8, 4) is 0 Å². The van der Waals surface area contributed by atoms with Crippen LogP contribution in [0.1, 0.15) is 39.0 Å². The second-order valence-electron chi connectivity index (χ2n) is 6.84. The second kappa shape index (κ2) is 5.13. The van der Waals surface area contributed by atoms with Crippen molar-refractivity contribution in [3.05, 3.63) is 11.6 Å². The molecule has 2 aliphatic heterocycles. The van der Waals surface area contributed by atoms with E-state index in [1.54, 1.807) is 11.8 Å². The van der Waals surface area contributed by atoms with Crippen LogP contribution < -0.4 is 5.32 Å². The van der Waals surface area contributed by atoms with Crippen LogP contribution in [-0.4, -0.2) is 35.1 Å². The minimum atomic E-state index is -0.510. The zero-order chi connectivity index (χ0) is 14.4. The summed E-state index contributed by atoms with van der Waals surface area (Å²) < 4.78 is 4.85. The number of hydrogen-bond donors (Lipinski definition) is 1. The molecule has 21 heavy (non-hydrogen) atoms. The van der Waals surface area contributed by atoms with E-state index in [-0.39, 0.29) is 5.91 Å². The highest BCUT2D eigenvalue weighted by atomic mass is 32.2. The molecule has 2 aliphatic carbocycles. The van der Waals surface area contributed by atoms with Crippen molar-refractivity contribution in [3.63, 3.8) is 0 Å². The zero-order valence-corrected chi connectivity index (χ0v) is 13.2. The van der Waals surface area contributed by atoms with Crippen LogP contribution in [-0.2, 0) is 9.53 Å². The predicted molar refractivity (Wildman–Crippen MR) is 84.3 cm³/mol. The molecule has 114 valence electrons. The molecule has 4 nitrogen and oxygen atoms in total. The number of amides is 1. The Morgan fingerprint density at radius 3 is 3.00 bits per heavy atom. The van der Waals surface area contributed by atoms with Gasteiger partial charge in [-0.15, -0.1) is 0 Å². The molecule has 1 unspecified atom stereocenters. The lowest BCUT2D eigenvalue weighted by atomic mass is 9.95. The van der Waals surface area contributed by atoms with Gasteiger partial charge in [-0.1, -0.05) is 24.3 Å². The third-order valence-electron chi connectivity index (χ3n) is 5.54. The fourth-order valence-electron chi connectivity index (χ4n) is 4.26. The first-order valence-corrected chi connectivity index (χ1v) is 8.83. The van der Waals surface area contributed by atoms with Gasteiger partial charge in [0.25, 0.3) is 5.91 Å². The maximum absolute atomic E-state index is 12.4. The molecular weight excluding hydrogens is 284 g/mol. The Bertz CT molecular complexity index is 530. The first kappa shape index (κ1) is 13.8. The number of aliphatic imine (C=N–C) groups is 1. The van der Waals surface area contributed by atoms with E-state index >= 15 is 0 Å². The van der Waals surface area contributed by atoms with Crippen LogP contribution in [0.5, 0.6) is 0 Å². The number of ether oxygens (including phenoxy) is 1. The van der Waals surface area contributed by atoms with E-state index < -0.39 is 4.75 Å². The van der Waals surface area contributed by atoms with Gasteiger partial charge in [-0.05, 0) is 50.0 Å². The normalized spacial score (nSPS) is 42.1. The number of thioether (sulfide) groups is 1. The lowest BCUT2D eigenvalue weighted by Crippen LogP contribution is -2.37. The maximum Gasteiger partial charge on any atom is 0.268 e. The summed E-state index contributed by atoms with van der Waals surface area (Å²) in [6.07, 6.45) is 8.26. The number of hydrogen-bond acceptors (Lipinski definition) is 4. The highest BCUT2D eigenvalue weighted by molar-refractivity contribution is 8.16. The topological polar surface area (TPSA) is 50.7 Å². The van der Waals surface area contributed by atoms with Crippen LogP contribution in [0, 0.1) is 11.8 Å². The Labute approximate surface area is 129 Å². The van der Waals surface area contributed by atoms with Gasteiger partial charge in [-0.2, -0.15) is 4.99 Å². The summed E-state index contributed by atoms with van der Waals surface area (Å²) in [5, 5.41) is 4.41. The molecule has 4 aliphatic rings. The Morgan fingerprint density at radius 1 is 1.43 bits per heavy atom. The van der Waals surface area contributed by atoms with Gasteiger partial charge < -0.3 is 10.1 Å². The number of rotatable bonds is 2. The summed E-state index contributed by atoms with van der Waals surface area (Å²) in [4.78, 5) is 16.7. The summed E-state index contributed by atoms with van der Waals surface area (Å²) in [5.41, 5.74) is 1.18. The highest BCUT2D eigenvalue weighted by Crippen LogP contribution is 2.46. The average molecular weight is 306 g/mol. The van der Waals surface area contributed by atoms with E-state index in [1.807, 2.05) is 6.92 Å². The van der Waals surface area contributed by atoms with Crippen LogP contribution in [0.2, 0.25) is 0 Å². The van der Waals surface area contributed by atoms with Gasteiger partial charge >= 0.3 is 0 Å². The van der Waals surface area contributed by atoms with Crippen molar-refractivity contribution >= 4 is 22.8 Å². The molecule has 2 heterocycles. The quantitative estimate of drug-likeness (QED) is 0.796. The van der Waals surface area contributed by atoms with Crippen LogP contribution in [0.4, 0.5) is 0 Å². The minimum Gasteiger partial charge on any atom is -0.377 e. The molecule has 0 radical (unpaired) electrons. The van der Waals surface area contributed by atoms with E-state index in [0.29, 0.717) is 19.3 Å². The zero-order valence-electron chi connectivity index (χ0n) is 12.4. The maximum atomic E-state index is 12.4. The molecule has 4 rings (SSSR count). The van der Waals surface area contributed by atoms with E-state index in [9.17, 15) is 4.79 Å². The van der Waals surface area contributed by atoms with Crippen LogP contribution in [0.25, 0.3) is 0 Å². The van der Waals surface area contributed by atoms with Crippen LogP contribution in [0.15, 0.2) is 16.6 Å². The largest absolute Gasteiger partial charge is 0.377 e. The van der Waals surface area contributed by atoms with Crippen LogP contribution in [0.3, 0.4) is 0 Å². The van der Waals surface area contributed by atoms with Crippen molar-refractivity contribution in [1.82, 2.24) is 5.32 Å². The Kier molecular flexibility index (Phi) is 3.38. The van der Waals surface area contributed by atoms with Gasteiger partial charge in [0.15, 0.2) is 5.17 Å². The first-order valence-electron chi connectivity index (χ1n) is 8.01. The fourth-order valence-corrected chi connectivity index (χ4v) is 5.44. The van der Waals surface area contributed by atoms with Gasteiger partial charge in [-0.3, -0.25) is 4.79 Å². The smallest absolute Gasteiger partial charge is 0.268 e. The summed E-state index contributed by atoms with van der Waals surface area (Å²) in [5.74, 6) is 1.69. The Balaban J connectivity index is 1.45. The van der Waals surface area contributed by atoms with E-state index in [2.05, 4.69) is 16.4 Å². The number of carbonyl (C=O) groups is 1. The molecule has 4 atom stereocenters. The third-order valence-corrected chi connectivity index (χ3v) is 6.78. The van der Waals surface area contributed by atoms with Crippen LogP contribution >= 0.6 is 11.8 Å². The fraction of sp³-hybridized carbons (Fsp3) is 0.750. The van der Waals surface area contributed by atoms with E-state index in [4.69, 9.17) is 4.74 Å². The van der Waals surface area contributed by atoms with Crippen molar-refractivity contribution in [1.29, 1.82) is 0 Å². The second-order valence-corrected chi connectivity index (χ2v) is 8.24. The number of nitrogens with one attached hydrogen (secondary N) is 1. The molecule has 2 fully saturated rings. The lowest BCUT2D eigenvalue weighted by Gasteiger charge is -2.28. The summed E-state index contributed by atoms with van der Waals surface area (Å²) in [7, 11) is 0. The monoisotopic (exact) mass is 306 g/mol. The highest BCUT2D eigenvalue weighted by Gasteiger charge is 2.46. The SMILES string of the molecule is CC1(C2=CCOCC2)SC(N[C@H]2C[C@@H]3CC[C@H]2C3)=NC1=O. The van der Waals surface area contributed by atoms with Gasteiger partial charge in [0.05, 0.1) is 13.2 Å². The molecule has 2 saturated carbocycles. The molecule has 0 saturated heterocycles. The van der Waals surface area contributed by atoms with Crippen molar-refractivity contribution in [2.24, 2.45) is 16.8 Å². The standard InChI is InChI=1S/C16H22N2O2S/c1-16(12-4-6-20-7-5-12)14(19)18-15(21-16)17-13-9-10-2-3-11(13)8-10/h4,10-11,13H,2-3,5-9H2,1H3,(H,17,18,19)/t10-,11+,13+,16?/m1/s1. The minimum absolute atomic E-state index is 0.00805. The van der Waals surface area contributed by atoms with E-state index in [1.165, 1.54) is 31.3 Å². The van der Waals surface area contributed by atoms with Crippen molar-refractivity contribution in [2.45, 2.75) is 49.8 Å². The van der Waals surface area contributed by atoms with E-state index in [0.717, 1.165) is 23.4 Å².